The quantitative estimate of drug-likeness (QED) is 0.109. The fraction of sp³-hybridized carbons (Fsp3) is 0.953. The molecule has 0 radical (unpaired) electrons. The topological polar surface area (TPSA) is 0 Å². The largest absolute Gasteiger partial charge is 0.103 e. The molecule has 0 heteroatoms. The highest BCUT2D eigenvalue weighted by Crippen LogP contribution is 3.06. The molecule has 0 saturated heterocycles. The predicted octanol–water partition coefficient (Wildman–Crippen LogP) is 14.1. The number of allylic oxidation sites excluding steroid dienone is 1. The second-order valence-corrected chi connectivity index (χ2v) is 18.3. The normalized spacial score (nSPS) is 35.2. The van der Waals surface area contributed by atoms with E-state index in [9.17, 15) is 0 Å². The average Bonchev–Trinajstić information content (AvgIpc) is 3.91. The van der Waals surface area contributed by atoms with Crippen molar-refractivity contribution in [3.8, 4) is 0 Å². The van der Waals surface area contributed by atoms with E-state index in [0.29, 0.717) is 10.8 Å². The Bertz CT molecular complexity index is 884. The lowest BCUT2D eigenvalue weighted by Gasteiger charge is -2.46. The lowest BCUT2D eigenvalue weighted by molar-refractivity contribution is 0.0418. The Kier molecular flexibility index (Phi) is 11.5. The molecule has 43 heavy (non-hydrogen) atoms. The van der Waals surface area contributed by atoms with Crippen molar-refractivity contribution in [1.29, 1.82) is 0 Å². The van der Waals surface area contributed by atoms with E-state index in [-0.39, 0.29) is 0 Å². The third kappa shape index (κ3) is 6.37. The van der Waals surface area contributed by atoms with E-state index in [2.05, 4.69) is 81.9 Å². The van der Waals surface area contributed by atoms with Crippen molar-refractivity contribution in [3.63, 3.8) is 0 Å². The van der Waals surface area contributed by atoms with Crippen LogP contribution in [0.1, 0.15) is 191 Å². The van der Waals surface area contributed by atoms with Gasteiger partial charge in [0.15, 0.2) is 0 Å². The van der Waals surface area contributed by atoms with Gasteiger partial charge < -0.3 is 0 Å². The third-order valence-electron chi connectivity index (χ3n) is 16.3. The van der Waals surface area contributed by atoms with E-state index in [1.54, 1.807) is 25.7 Å². The Morgan fingerprint density at radius 1 is 0.884 bits per heavy atom. The molecule has 4 aliphatic rings. The minimum atomic E-state index is 0.363. The summed E-state index contributed by atoms with van der Waals surface area (Å²) in [5, 5.41) is 0. The first-order valence-corrected chi connectivity index (χ1v) is 20.0. The van der Waals surface area contributed by atoms with Gasteiger partial charge in [0, 0.05) is 0 Å². The van der Waals surface area contributed by atoms with Crippen molar-refractivity contribution in [2.24, 2.45) is 68.5 Å². The molecule has 4 rings (SSSR count). The molecule has 0 nitrogen and oxygen atoms in total. The highest BCUT2D eigenvalue weighted by molar-refractivity contribution is 5.47. The van der Waals surface area contributed by atoms with Crippen LogP contribution >= 0.6 is 0 Å². The molecule has 4 saturated carbocycles. The van der Waals surface area contributed by atoms with Gasteiger partial charge in [-0.2, -0.15) is 0 Å². The smallest absolute Gasteiger partial charge is 0.00669 e. The molecule has 4 aliphatic carbocycles. The van der Waals surface area contributed by atoms with Crippen LogP contribution in [-0.4, -0.2) is 0 Å². The van der Waals surface area contributed by atoms with E-state index in [4.69, 9.17) is 0 Å². The van der Waals surface area contributed by atoms with Crippen LogP contribution in [0.5, 0.6) is 0 Å². The molecule has 0 amide bonds. The monoisotopic (exact) mass is 595 g/mol. The summed E-state index contributed by atoms with van der Waals surface area (Å²) in [5.41, 5.74) is 3.32. The standard InChI is InChI=1S/C43H78/c1-12-19-37(20-13-2)39(10,15-4)34(8)29-38-23-18-24-41(38,16-5)35(9)27-32(6)21-17-22-33(7)28-36(14-3)30-43-31-40(43,11)42(43)25-26-42/h16,32-38H,5,12-15,17-31H2,1-4,6-11H3. The highest BCUT2D eigenvalue weighted by atomic mass is 15.0. The van der Waals surface area contributed by atoms with E-state index < -0.39 is 0 Å². The molecule has 0 bridgehead atoms. The molecule has 0 aromatic carbocycles. The molecule has 0 heterocycles. The first-order chi connectivity index (χ1) is 20.4. The van der Waals surface area contributed by atoms with Gasteiger partial charge in [0.1, 0.15) is 0 Å². The summed E-state index contributed by atoms with van der Waals surface area (Å²) in [6.07, 6.45) is 29.8. The molecule has 10 atom stereocenters. The van der Waals surface area contributed by atoms with Crippen LogP contribution in [0.15, 0.2) is 12.7 Å². The van der Waals surface area contributed by atoms with Gasteiger partial charge in [0.05, 0.1) is 0 Å². The summed E-state index contributed by atoms with van der Waals surface area (Å²) in [6.45, 7) is 30.0. The van der Waals surface area contributed by atoms with Gasteiger partial charge in [-0.1, -0.05) is 140 Å². The van der Waals surface area contributed by atoms with Crippen molar-refractivity contribution in [2.45, 2.75) is 191 Å². The van der Waals surface area contributed by atoms with Gasteiger partial charge >= 0.3 is 0 Å². The fourth-order valence-corrected chi connectivity index (χ4v) is 12.7. The van der Waals surface area contributed by atoms with Gasteiger partial charge in [0.2, 0.25) is 0 Å². The van der Waals surface area contributed by atoms with Crippen LogP contribution in [0, 0.1) is 68.5 Å². The Balaban J connectivity index is 1.24. The molecule has 1 spiro atoms. The lowest BCUT2D eigenvalue weighted by Crippen LogP contribution is -2.38. The maximum Gasteiger partial charge on any atom is -0.00669 e. The first kappa shape index (κ1) is 35.6. The van der Waals surface area contributed by atoms with Gasteiger partial charge in [-0.15, -0.1) is 6.58 Å². The molecular weight excluding hydrogens is 516 g/mol. The van der Waals surface area contributed by atoms with Crippen molar-refractivity contribution in [3.05, 3.63) is 12.7 Å². The average molecular weight is 595 g/mol. The van der Waals surface area contributed by atoms with Crippen molar-refractivity contribution in [2.75, 3.05) is 0 Å². The number of hydrogen-bond acceptors (Lipinski definition) is 0. The van der Waals surface area contributed by atoms with Crippen molar-refractivity contribution < 1.29 is 0 Å². The van der Waals surface area contributed by atoms with E-state index in [1.165, 1.54) is 96.3 Å². The Labute approximate surface area is 271 Å². The first-order valence-electron chi connectivity index (χ1n) is 20.0. The van der Waals surface area contributed by atoms with Crippen LogP contribution in [0.3, 0.4) is 0 Å². The SMILES string of the molecule is C=CC1(C(C)CC(C)CCCC(C)CC(CC)CC23CC2(C)C32CC2)CCCC1CC(C)C(C)(CC)C(CCC)CCC. The van der Waals surface area contributed by atoms with Crippen molar-refractivity contribution in [1.82, 2.24) is 0 Å². The second kappa shape index (κ2) is 13.8. The van der Waals surface area contributed by atoms with Crippen LogP contribution in [-0.2, 0) is 0 Å². The summed E-state index contributed by atoms with van der Waals surface area (Å²) in [4.78, 5) is 0. The number of hydrogen-bond donors (Lipinski definition) is 0. The molecule has 250 valence electrons. The summed E-state index contributed by atoms with van der Waals surface area (Å²) in [7, 11) is 0. The summed E-state index contributed by atoms with van der Waals surface area (Å²) in [5.74, 6) is 6.00. The van der Waals surface area contributed by atoms with Crippen molar-refractivity contribution >= 4 is 0 Å². The predicted molar refractivity (Wildman–Crippen MR) is 191 cm³/mol. The molecule has 4 fully saturated rings. The number of rotatable bonds is 22. The Morgan fingerprint density at radius 2 is 1.51 bits per heavy atom. The Hall–Kier alpha value is -0.260. The van der Waals surface area contributed by atoms with Crippen LogP contribution in [0.2, 0.25) is 0 Å². The summed E-state index contributed by atoms with van der Waals surface area (Å²) < 4.78 is 0. The maximum absolute atomic E-state index is 4.55. The number of fused-ring (bicyclic) bond motifs is 3. The van der Waals surface area contributed by atoms with Gasteiger partial charge in [0.25, 0.3) is 0 Å². The zero-order chi connectivity index (χ0) is 31.7. The highest BCUT2D eigenvalue weighted by Gasteiger charge is 2.99. The lowest BCUT2D eigenvalue weighted by atomic mass is 9.58. The maximum atomic E-state index is 4.55. The van der Waals surface area contributed by atoms with Crippen LogP contribution < -0.4 is 0 Å². The zero-order valence-electron chi connectivity index (χ0n) is 31.3. The minimum absolute atomic E-state index is 0.363. The molecule has 0 aromatic heterocycles. The molecule has 0 N–H and O–H groups in total. The Morgan fingerprint density at radius 3 is 2.00 bits per heavy atom. The summed E-state index contributed by atoms with van der Waals surface area (Å²) in [6, 6.07) is 0. The van der Waals surface area contributed by atoms with Gasteiger partial charge in [-0.3, -0.25) is 0 Å². The molecular formula is C43H78. The molecule has 0 aromatic rings. The van der Waals surface area contributed by atoms with Gasteiger partial charge in [-0.05, 0) is 126 Å². The summed E-state index contributed by atoms with van der Waals surface area (Å²) >= 11 is 0. The third-order valence-corrected chi connectivity index (χ3v) is 16.3. The minimum Gasteiger partial charge on any atom is -0.103 e. The molecule has 10 unspecified atom stereocenters. The fourth-order valence-electron chi connectivity index (χ4n) is 12.7. The second-order valence-electron chi connectivity index (χ2n) is 18.3. The van der Waals surface area contributed by atoms with Crippen LogP contribution in [0.25, 0.3) is 0 Å². The van der Waals surface area contributed by atoms with Gasteiger partial charge in [-0.25, -0.2) is 0 Å². The van der Waals surface area contributed by atoms with E-state index in [0.717, 1.165) is 57.7 Å². The van der Waals surface area contributed by atoms with E-state index in [1.807, 2.05) is 0 Å². The molecule has 0 aliphatic heterocycles. The van der Waals surface area contributed by atoms with E-state index >= 15 is 0 Å². The van der Waals surface area contributed by atoms with Crippen LogP contribution in [0.4, 0.5) is 0 Å². The zero-order valence-corrected chi connectivity index (χ0v) is 31.3.